The van der Waals surface area contributed by atoms with Crippen molar-refractivity contribution in [3.05, 3.63) is 48.0 Å². The van der Waals surface area contributed by atoms with E-state index < -0.39 is 12.1 Å². The Morgan fingerprint density at radius 2 is 2.20 bits per heavy atom. The van der Waals surface area contributed by atoms with Crippen molar-refractivity contribution >= 4 is 6.09 Å². The van der Waals surface area contributed by atoms with E-state index >= 15 is 0 Å². The number of amides is 1. The standard InChI is InChI=1S/C13H16N4O3/c1-17-9-14-16-12(17)11(7-18)15-13(19)20-8-10-5-3-2-4-6-10/h2-6,9,11,18H,7-8H2,1H3,(H,15,19). The van der Waals surface area contributed by atoms with Crippen molar-refractivity contribution in [1.82, 2.24) is 20.1 Å². The third kappa shape index (κ3) is 3.55. The number of nitrogens with zero attached hydrogens (tertiary/aromatic N) is 3. The van der Waals surface area contributed by atoms with Gasteiger partial charge in [-0.2, -0.15) is 0 Å². The van der Waals surface area contributed by atoms with Gasteiger partial charge in [0.05, 0.1) is 6.61 Å². The van der Waals surface area contributed by atoms with E-state index in [-0.39, 0.29) is 13.2 Å². The summed E-state index contributed by atoms with van der Waals surface area (Å²) in [6.07, 6.45) is 0.880. The molecule has 7 nitrogen and oxygen atoms in total. The lowest BCUT2D eigenvalue weighted by molar-refractivity contribution is 0.128. The van der Waals surface area contributed by atoms with Crippen molar-refractivity contribution in [2.45, 2.75) is 12.6 Å². The van der Waals surface area contributed by atoms with Crippen LogP contribution in [0.3, 0.4) is 0 Å². The molecule has 1 aromatic carbocycles. The fraction of sp³-hybridized carbons (Fsp3) is 0.308. The summed E-state index contributed by atoms with van der Waals surface area (Å²) in [5.74, 6) is 0.462. The Morgan fingerprint density at radius 1 is 1.45 bits per heavy atom. The summed E-state index contributed by atoms with van der Waals surface area (Å²) in [6.45, 7) is -0.114. The third-order valence-electron chi connectivity index (χ3n) is 2.75. The smallest absolute Gasteiger partial charge is 0.408 e. The summed E-state index contributed by atoms with van der Waals surface area (Å²) < 4.78 is 6.70. The Bertz CT molecular complexity index is 556. The van der Waals surface area contributed by atoms with E-state index in [1.54, 1.807) is 11.6 Å². The fourth-order valence-corrected chi connectivity index (χ4v) is 1.71. The monoisotopic (exact) mass is 276 g/mol. The highest BCUT2D eigenvalue weighted by atomic mass is 16.5. The lowest BCUT2D eigenvalue weighted by atomic mass is 10.2. The molecule has 1 amide bonds. The molecule has 0 fully saturated rings. The molecule has 20 heavy (non-hydrogen) atoms. The molecule has 2 rings (SSSR count). The van der Waals surface area contributed by atoms with Crippen LogP contribution in [0.2, 0.25) is 0 Å². The Morgan fingerprint density at radius 3 is 2.80 bits per heavy atom. The SMILES string of the molecule is Cn1cnnc1C(CO)NC(=O)OCc1ccccc1. The highest BCUT2D eigenvalue weighted by molar-refractivity contribution is 5.67. The van der Waals surface area contributed by atoms with Crippen molar-refractivity contribution in [2.75, 3.05) is 6.61 Å². The molecule has 0 radical (unpaired) electrons. The highest BCUT2D eigenvalue weighted by Gasteiger charge is 2.19. The molecule has 1 atom stereocenters. The minimum atomic E-state index is -0.647. The van der Waals surface area contributed by atoms with Crippen LogP contribution in [0.1, 0.15) is 17.4 Å². The number of aryl methyl sites for hydroxylation is 1. The average Bonchev–Trinajstić information content (AvgIpc) is 2.90. The Kier molecular flexibility index (Phi) is 4.67. The molecule has 0 saturated carbocycles. The van der Waals surface area contributed by atoms with Crippen molar-refractivity contribution in [3.63, 3.8) is 0 Å². The summed E-state index contributed by atoms with van der Waals surface area (Å²) in [7, 11) is 1.73. The minimum Gasteiger partial charge on any atom is -0.445 e. The van der Waals surface area contributed by atoms with Gasteiger partial charge in [0.15, 0.2) is 5.82 Å². The van der Waals surface area contributed by atoms with Crippen molar-refractivity contribution in [1.29, 1.82) is 0 Å². The molecular weight excluding hydrogens is 260 g/mol. The van der Waals surface area contributed by atoms with Gasteiger partial charge in [0, 0.05) is 7.05 Å². The molecule has 0 aliphatic heterocycles. The Labute approximate surface area is 116 Å². The predicted octanol–water partition coefficient (Wildman–Crippen LogP) is 0.775. The van der Waals surface area contributed by atoms with Gasteiger partial charge in [-0.25, -0.2) is 4.79 Å². The predicted molar refractivity (Wildman–Crippen MR) is 70.6 cm³/mol. The number of aromatic nitrogens is 3. The molecular formula is C13H16N4O3. The Balaban J connectivity index is 1.88. The second-order valence-corrected chi connectivity index (χ2v) is 4.24. The Hall–Kier alpha value is -2.41. The van der Waals surface area contributed by atoms with E-state index in [0.717, 1.165) is 5.56 Å². The molecule has 0 spiro atoms. The number of aliphatic hydroxyl groups excluding tert-OH is 1. The van der Waals surface area contributed by atoms with Gasteiger partial charge in [0.1, 0.15) is 19.0 Å². The summed E-state index contributed by atoms with van der Waals surface area (Å²) in [6, 6.07) is 8.70. The van der Waals surface area contributed by atoms with Gasteiger partial charge in [0.25, 0.3) is 0 Å². The normalized spacial score (nSPS) is 11.9. The number of hydrogen-bond donors (Lipinski definition) is 2. The van der Waals surface area contributed by atoms with Crippen LogP contribution in [0.25, 0.3) is 0 Å². The zero-order valence-corrected chi connectivity index (χ0v) is 11.1. The first kappa shape index (κ1) is 14.0. The van der Waals surface area contributed by atoms with E-state index in [0.29, 0.717) is 5.82 Å². The van der Waals surface area contributed by atoms with Crippen molar-refractivity contribution < 1.29 is 14.6 Å². The van der Waals surface area contributed by atoms with Crippen molar-refractivity contribution in [3.8, 4) is 0 Å². The molecule has 0 aliphatic carbocycles. The first-order chi connectivity index (χ1) is 9.70. The maximum Gasteiger partial charge on any atom is 0.408 e. The maximum atomic E-state index is 11.7. The van der Waals surface area contributed by atoms with Gasteiger partial charge in [-0.05, 0) is 5.56 Å². The third-order valence-corrected chi connectivity index (χ3v) is 2.75. The van der Waals surface area contributed by atoms with E-state index in [1.165, 1.54) is 6.33 Å². The number of ether oxygens (including phenoxy) is 1. The van der Waals surface area contributed by atoms with Gasteiger partial charge < -0.3 is 19.7 Å². The number of hydrogen-bond acceptors (Lipinski definition) is 5. The van der Waals surface area contributed by atoms with E-state index in [4.69, 9.17) is 4.74 Å². The quantitative estimate of drug-likeness (QED) is 0.842. The van der Waals surface area contributed by atoms with Crippen LogP contribution in [-0.4, -0.2) is 32.6 Å². The largest absolute Gasteiger partial charge is 0.445 e. The fourth-order valence-electron chi connectivity index (χ4n) is 1.71. The molecule has 2 N–H and O–H groups in total. The summed E-state index contributed by atoms with van der Waals surface area (Å²) >= 11 is 0. The molecule has 1 unspecified atom stereocenters. The highest BCUT2D eigenvalue weighted by Crippen LogP contribution is 2.08. The molecule has 0 bridgehead atoms. The number of aliphatic hydroxyl groups is 1. The molecule has 1 heterocycles. The molecule has 2 aromatic rings. The number of benzene rings is 1. The molecule has 1 aromatic heterocycles. The zero-order valence-electron chi connectivity index (χ0n) is 11.1. The summed E-state index contributed by atoms with van der Waals surface area (Å²) in [5, 5.41) is 19.4. The number of carbonyl (C=O) groups is 1. The van der Waals surface area contributed by atoms with Crippen LogP contribution >= 0.6 is 0 Å². The van der Waals surface area contributed by atoms with Crippen LogP contribution < -0.4 is 5.32 Å². The van der Waals surface area contributed by atoms with Crippen LogP contribution in [0.15, 0.2) is 36.7 Å². The van der Waals surface area contributed by atoms with E-state index in [2.05, 4.69) is 15.5 Å². The summed E-state index contributed by atoms with van der Waals surface area (Å²) in [5.41, 5.74) is 0.891. The number of alkyl carbamates (subject to hydrolysis) is 1. The number of rotatable bonds is 5. The first-order valence-corrected chi connectivity index (χ1v) is 6.12. The lowest BCUT2D eigenvalue weighted by Crippen LogP contribution is -2.32. The van der Waals surface area contributed by atoms with Gasteiger partial charge in [0.2, 0.25) is 0 Å². The molecule has 0 saturated heterocycles. The molecule has 7 heteroatoms. The number of carbonyl (C=O) groups excluding carboxylic acids is 1. The van der Waals surface area contributed by atoms with Crippen LogP contribution in [0.5, 0.6) is 0 Å². The first-order valence-electron chi connectivity index (χ1n) is 6.12. The lowest BCUT2D eigenvalue weighted by Gasteiger charge is -2.15. The van der Waals surface area contributed by atoms with E-state index in [1.807, 2.05) is 30.3 Å². The van der Waals surface area contributed by atoms with Gasteiger partial charge in [-0.15, -0.1) is 10.2 Å². The van der Waals surface area contributed by atoms with Crippen molar-refractivity contribution in [2.24, 2.45) is 7.05 Å². The van der Waals surface area contributed by atoms with Gasteiger partial charge >= 0.3 is 6.09 Å². The van der Waals surface area contributed by atoms with E-state index in [9.17, 15) is 9.90 Å². The molecule has 0 aliphatic rings. The number of nitrogens with one attached hydrogen (secondary N) is 1. The second kappa shape index (κ2) is 6.67. The van der Waals surface area contributed by atoms with Gasteiger partial charge in [-0.1, -0.05) is 30.3 Å². The second-order valence-electron chi connectivity index (χ2n) is 4.24. The van der Waals surface area contributed by atoms with Crippen LogP contribution in [0.4, 0.5) is 4.79 Å². The maximum absolute atomic E-state index is 11.7. The zero-order chi connectivity index (χ0) is 14.4. The average molecular weight is 276 g/mol. The topological polar surface area (TPSA) is 89.3 Å². The summed E-state index contributed by atoms with van der Waals surface area (Å²) in [4.78, 5) is 11.7. The molecule has 106 valence electrons. The van der Waals surface area contributed by atoms with Crippen LogP contribution in [-0.2, 0) is 18.4 Å². The van der Waals surface area contributed by atoms with Gasteiger partial charge in [-0.3, -0.25) is 0 Å². The van der Waals surface area contributed by atoms with Crippen LogP contribution in [0, 0.1) is 0 Å². The minimum absolute atomic E-state index is 0.170.